The first-order chi connectivity index (χ1) is 12.6. The molecule has 1 heteroatoms. The zero-order valence-corrected chi connectivity index (χ0v) is 15.9. The molecule has 0 N–H and O–H groups in total. The molecule has 0 bridgehead atoms. The van der Waals surface area contributed by atoms with Gasteiger partial charge < -0.3 is 0 Å². The molecule has 3 aliphatic rings. The van der Waals surface area contributed by atoms with E-state index in [0.717, 1.165) is 25.2 Å². The average Bonchev–Trinajstić information content (AvgIpc) is 2.97. The second kappa shape index (κ2) is 5.81. The van der Waals surface area contributed by atoms with E-state index in [2.05, 4.69) is 56.3 Å². The van der Waals surface area contributed by atoms with Crippen LogP contribution in [0.5, 0.6) is 0 Å². The highest BCUT2D eigenvalue weighted by atomic mass is 16.1. The third kappa shape index (κ3) is 2.32. The molecular weight excluding hydrogens is 316 g/mol. The number of ketones is 1. The maximum absolute atomic E-state index is 12.5. The molecule has 26 heavy (non-hydrogen) atoms. The Bertz CT molecular complexity index is 862. The second-order valence-corrected chi connectivity index (χ2v) is 9.11. The van der Waals surface area contributed by atoms with Gasteiger partial charge in [-0.15, -0.1) is 0 Å². The van der Waals surface area contributed by atoms with Crippen LogP contribution < -0.4 is 0 Å². The van der Waals surface area contributed by atoms with Gasteiger partial charge in [0.05, 0.1) is 0 Å². The van der Waals surface area contributed by atoms with Crippen molar-refractivity contribution in [1.82, 2.24) is 0 Å². The molecule has 0 heterocycles. The van der Waals surface area contributed by atoms with Crippen LogP contribution in [0.3, 0.4) is 0 Å². The summed E-state index contributed by atoms with van der Waals surface area (Å²) in [7, 11) is 0. The summed E-state index contributed by atoms with van der Waals surface area (Å²) in [6, 6.07) is 16.0. The van der Waals surface area contributed by atoms with Gasteiger partial charge in [0.1, 0.15) is 5.78 Å². The first-order valence-corrected chi connectivity index (χ1v) is 10.3. The smallest absolute Gasteiger partial charge is 0.139 e. The largest absolute Gasteiger partial charge is 0.299 e. The Balaban J connectivity index is 1.48. The van der Waals surface area contributed by atoms with E-state index in [-0.39, 0.29) is 5.41 Å². The Labute approximate surface area is 156 Å². The first-order valence-electron chi connectivity index (χ1n) is 10.3. The van der Waals surface area contributed by atoms with Gasteiger partial charge >= 0.3 is 0 Å². The summed E-state index contributed by atoms with van der Waals surface area (Å²) in [5.41, 5.74) is 7.10. The molecule has 134 valence electrons. The van der Waals surface area contributed by atoms with Crippen molar-refractivity contribution in [2.24, 2.45) is 17.3 Å². The summed E-state index contributed by atoms with van der Waals surface area (Å²) in [6.07, 6.45) is 6.69. The molecule has 0 radical (unpaired) electrons. The van der Waals surface area contributed by atoms with Gasteiger partial charge in [0.15, 0.2) is 0 Å². The van der Waals surface area contributed by atoms with Gasteiger partial charge in [-0.05, 0) is 79.0 Å². The van der Waals surface area contributed by atoms with Gasteiger partial charge in [0, 0.05) is 11.8 Å². The molecule has 0 unspecified atom stereocenters. The van der Waals surface area contributed by atoms with Crippen LogP contribution in [-0.4, -0.2) is 5.78 Å². The fraction of sp³-hybridized carbons (Fsp3) is 0.480. The number of hydrogen-bond donors (Lipinski definition) is 0. The first kappa shape index (κ1) is 16.3. The van der Waals surface area contributed by atoms with E-state index in [1.54, 1.807) is 11.1 Å². The van der Waals surface area contributed by atoms with Crippen molar-refractivity contribution in [2.45, 2.75) is 58.3 Å². The van der Waals surface area contributed by atoms with E-state index in [0.29, 0.717) is 17.6 Å². The topological polar surface area (TPSA) is 17.1 Å². The Morgan fingerprint density at radius 3 is 2.50 bits per heavy atom. The molecule has 0 aromatic heterocycles. The summed E-state index contributed by atoms with van der Waals surface area (Å²) >= 11 is 0. The van der Waals surface area contributed by atoms with Crippen LogP contribution in [0, 0.1) is 24.2 Å². The van der Waals surface area contributed by atoms with Gasteiger partial charge in [-0.25, -0.2) is 0 Å². The van der Waals surface area contributed by atoms with E-state index >= 15 is 0 Å². The number of benzene rings is 2. The van der Waals surface area contributed by atoms with Gasteiger partial charge in [0.2, 0.25) is 0 Å². The Kier molecular flexibility index (Phi) is 3.64. The lowest BCUT2D eigenvalue weighted by Gasteiger charge is -2.48. The highest BCUT2D eigenvalue weighted by Crippen LogP contribution is 2.59. The molecule has 4 atom stereocenters. The van der Waals surface area contributed by atoms with E-state index in [1.807, 2.05) is 0 Å². The summed E-state index contributed by atoms with van der Waals surface area (Å²) in [5, 5.41) is 0. The summed E-state index contributed by atoms with van der Waals surface area (Å²) in [4.78, 5) is 12.5. The predicted octanol–water partition coefficient (Wildman–Crippen LogP) is 6.09. The van der Waals surface area contributed by atoms with Crippen molar-refractivity contribution < 1.29 is 4.79 Å². The van der Waals surface area contributed by atoms with Gasteiger partial charge in [-0.3, -0.25) is 4.79 Å². The zero-order valence-electron chi connectivity index (χ0n) is 15.9. The van der Waals surface area contributed by atoms with E-state index in [1.165, 1.54) is 36.0 Å². The molecule has 5 rings (SSSR count). The number of carbonyl (C=O) groups is 1. The number of aryl methyl sites for hydroxylation is 2. The average molecular weight is 344 g/mol. The van der Waals surface area contributed by atoms with Crippen LogP contribution in [0.25, 0.3) is 11.1 Å². The van der Waals surface area contributed by atoms with Gasteiger partial charge in [0.25, 0.3) is 0 Å². The maximum Gasteiger partial charge on any atom is 0.139 e. The van der Waals surface area contributed by atoms with Gasteiger partial charge in [-0.1, -0.05) is 55.0 Å². The van der Waals surface area contributed by atoms with Crippen molar-refractivity contribution in [3.05, 3.63) is 59.2 Å². The lowest BCUT2D eigenvalue weighted by molar-refractivity contribution is -0.129. The number of hydrogen-bond acceptors (Lipinski definition) is 1. The predicted molar refractivity (Wildman–Crippen MR) is 106 cm³/mol. The van der Waals surface area contributed by atoms with E-state index < -0.39 is 0 Å². The van der Waals surface area contributed by atoms with Crippen LogP contribution in [-0.2, 0) is 11.2 Å². The van der Waals surface area contributed by atoms with Crippen LogP contribution in [0.1, 0.15) is 61.6 Å². The third-order valence-electron chi connectivity index (χ3n) is 7.82. The fourth-order valence-electron chi connectivity index (χ4n) is 6.28. The quantitative estimate of drug-likeness (QED) is 0.612. The van der Waals surface area contributed by atoms with Crippen molar-refractivity contribution in [1.29, 1.82) is 0 Å². The fourth-order valence-corrected chi connectivity index (χ4v) is 6.28. The zero-order chi connectivity index (χ0) is 17.9. The number of rotatable bonds is 1. The Morgan fingerprint density at radius 2 is 1.69 bits per heavy atom. The Morgan fingerprint density at radius 1 is 0.923 bits per heavy atom. The monoisotopic (exact) mass is 344 g/mol. The van der Waals surface area contributed by atoms with Crippen LogP contribution in [0.4, 0.5) is 0 Å². The molecular formula is C25H28O. The van der Waals surface area contributed by atoms with Crippen LogP contribution in [0.15, 0.2) is 42.5 Å². The minimum absolute atomic E-state index is 0.0134. The third-order valence-corrected chi connectivity index (χ3v) is 7.82. The van der Waals surface area contributed by atoms with Crippen LogP contribution >= 0.6 is 0 Å². The maximum atomic E-state index is 12.5. The molecule has 2 fully saturated rings. The second-order valence-electron chi connectivity index (χ2n) is 9.11. The highest BCUT2D eigenvalue weighted by molar-refractivity contribution is 5.87. The number of fused-ring (bicyclic) bond motifs is 5. The number of carbonyl (C=O) groups excluding carboxylic acids is 1. The molecule has 2 aromatic carbocycles. The molecule has 0 amide bonds. The van der Waals surface area contributed by atoms with Gasteiger partial charge in [-0.2, -0.15) is 0 Å². The van der Waals surface area contributed by atoms with Crippen LogP contribution in [0.2, 0.25) is 0 Å². The lowest BCUT2D eigenvalue weighted by Crippen LogP contribution is -2.42. The molecule has 2 saturated carbocycles. The summed E-state index contributed by atoms with van der Waals surface area (Å²) in [6.45, 7) is 4.40. The molecule has 0 spiro atoms. The minimum Gasteiger partial charge on any atom is -0.299 e. The lowest BCUT2D eigenvalue weighted by atomic mass is 9.55. The van der Waals surface area contributed by atoms with E-state index in [9.17, 15) is 4.79 Å². The summed E-state index contributed by atoms with van der Waals surface area (Å²) < 4.78 is 0. The SMILES string of the molecule is Cc1ccc(-c2ccc3c(c2)CC[C@@H]2[C@@H]3CC[C@]3(C)C(=O)CC[C@@H]23)cc1. The van der Waals surface area contributed by atoms with E-state index in [4.69, 9.17) is 0 Å². The van der Waals surface area contributed by atoms with Crippen molar-refractivity contribution in [3.8, 4) is 11.1 Å². The molecule has 3 aliphatic carbocycles. The Hall–Kier alpha value is -1.89. The number of Topliss-reactive ketones (excluding diaryl/α,β-unsaturated/α-hetero) is 1. The molecule has 0 saturated heterocycles. The molecule has 1 nitrogen and oxygen atoms in total. The minimum atomic E-state index is -0.0134. The van der Waals surface area contributed by atoms with Crippen molar-refractivity contribution in [2.75, 3.05) is 0 Å². The molecule has 2 aromatic rings. The van der Waals surface area contributed by atoms with Crippen molar-refractivity contribution >= 4 is 5.78 Å². The normalized spacial score (nSPS) is 32.7. The molecule has 0 aliphatic heterocycles. The standard InChI is InChI=1S/C25H28O/c1-16-3-5-17(6-4-16)18-7-9-20-19(15-18)8-10-22-21(20)13-14-25(2)23(22)11-12-24(25)26/h3-7,9,15,21-23H,8,10-14H2,1-2H3/t21-,22-,23+,25+/m1/s1. The van der Waals surface area contributed by atoms with Crippen molar-refractivity contribution in [3.63, 3.8) is 0 Å². The summed E-state index contributed by atoms with van der Waals surface area (Å²) in [5.74, 6) is 2.56. The highest BCUT2D eigenvalue weighted by Gasteiger charge is 2.54.